The Balaban J connectivity index is 1.69. The lowest BCUT2D eigenvalue weighted by Gasteiger charge is -2.11. The van der Waals surface area contributed by atoms with Gasteiger partial charge in [-0.15, -0.1) is 10.2 Å². The lowest BCUT2D eigenvalue weighted by molar-refractivity contribution is -0.113. The first-order chi connectivity index (χ1) is 14.5. The molecular formula is C21H20ClN5O2S. The number of amides is 1. The third kappa shape index (κ3) is 3.93. The predicted octanol–water partition coefficient (Wildman–Crippen LogP) is 4.15. The van der Waals surface area contributed by atoms with Crippen molar-refractivity contribution in [1.82, 2.24) is 19.2 Å². The van der Waals surface area contributed by atoms with E-state index in [2.05, 4.69) is 15.5 Å². The van der Waals surface area contributed by atoms with Gasteiger partial charge < -0.3 is 5.32 Å². The summed E-state index contributed by atoms with van der Waals surface area (Å²) in [5.41, 5.74) is 2.34. The van der Waals surface area contributed by atoms with Gasteiger partial charge in [0.25, 0.3) is 5.56 Å². The normalized spacial score (nSPS) is 11.3. The van der Waals surface area contributed by atoms with Gasteiger partial charge in [0.15, 0.2) is 5.16 Å². The summed E-state index contributed by atoms with van der Waals surface area (Å²) in [6, 6.07) is 12.8. The number of nitrogens with one attached hydrogen (secondary N) is 1. The first-order valence-corrected chi connectivity index (χ1v) is 10.9. The number of anilines is 1. The first-order valence-electron chi connectivity index (χ1n) is 9.54. The average molecular weight is 442 g/mol. The fourth-order valence-corrected chi connectivity index (χ4v) is 4.24. The zero-order valence-corrected chi connectivity index (χ0v) is 18.1. The summed E-state index contributed by atoms with van der Waals surface area (Å²) in [4.78, 5) is 25.4. The standard InChI is InChI=1S/C21H20ClN5O2S/c1-3-9-26-19(29)16-11-14(22)7-8-17(16)27-20(26)24-25-21(27)30-12-18(28)23-15-6-4-5-13(2)10-15/h4-8,10-11H,3,9,12H2,1-2H3,(H,23,28). The number of hydrogen-bond donors (Lipinski definition) is 1. The van der Waals surface area contributed by atoms with Gasteiger partial charge >= 0.3 is 0 Å². The van der Waals surface area contributed by atoms with E-state index in [0.29, 0.717) is 33.4 Å². The van der Waals surface area contributed by atoms with E-state index in [1.165, 1.54) is 11.8 Å². The molecule has 7 nitrogen and oxygen atoms in total. The van der Waals surface area contributed by atoms with Gasteiger partial charge in [0.05, 0.1) is 16.7 Å². The summed E-state index contributed by atoms with van der Waals surface area (Å²) in [6.45, 7) is 4.48. The Hall–Kier alpha value is -2.84. The van der Waals surface area contributed by atoms with Crippen LogP contribution < -0.4 is 10.9 Å². The Kier molecular flexibility index (Phi) is 5.78. The maximum absolute atomic E-state index is 12.9. The topological polar surface area (TPSA) is 81.3 Å². The second-order valence-electron chi connectivity index (χ2n) is 6.94. The van der Waals surface area contributed by atoms with Crippen LogP contribution in [0.4, 0.5) is 5.69 Å². The average Bonchev–Trinajstić information content (AvgIpc) is 3.13. The number of hydrogen-bond acceptors (Lipinski definition) is 5. The number of nitrogens with zero attached hydrogens (tertiary/aromatic N) is 4. The lowest BCUT2D eigenvalue weighted by atomic mass is 10.2. The van der Waals surface area contributed by atoms with Crippen molar-refractivity contribution in [2.45, 2.75) is 32.0 Å². The molecule has 1 N–H and O–H groups in total. The van der Waals surface area contributed by atoms with E-state index in [0.717, 1.165) is 17.7 Å². The summed E-state index contributed by atoms with van der Waals surface area (Å²) in [5.74, 6) is 0.478. The van der Waals surface area contributed by atoms with Gasteiger partial charge in [-0.05, 0) is 49.2 Å². The van der Waals surface area contributed by atoms with Crippen LogP contribution in [-0.4, -0.2) is 30.8 Å². The van der Waals surface area contributed by atoms with Crippen LogP contribution in [0.1, 0.15) is 18.9 Å². The Morgan fingerprint density at radius 1 is 1.20 bits per heavy atom. The van der Waals surface area contributed by atoms with E-state index < -0.39 is 0 Å². The lowest BCUT2D eigenvalue weighted by Crippen LogP contribution is -2.23. The van der Waals surface area contributed by atoms with Crippen LogP contribution >= 0.6 is 23.4 Å². The van der Waals surface area contributed by atoms with Crippen LogP contribution in [0.2, 0.25) is 5.02 Å². The molecule has 0 aliphatic rings. The van der Waals surface area contributed by atoms with E-state index in [9.17, 15) is 9.59 Å². The highest BCUT2D eigenvalue weighted by atomic mass is 35.5. The molecule has 0 radical (unpaired) electrons. The maximum Gasteiger partial charge on any atom is 0.262 e. The molecule has 0 unspecified atom stereocenters. The molecule has 0 saturated heterocycles. The van der Waals surface area contributed by atoms with Crippen LogP contribution in [-0.2, 0) is 11.3 Å². The number of halogens is 1. The molecule has 4 rings (SSSR count). The zero-order valence-electron chi connectivity index (χ0n) is 16.6. The van der Waals surface area contributed by atoms with Crippen molar-refractivity contribution < 1.29 is 4.79 Å². The fourth-order valence-electron chi connectivity index (χ4n) is 3.33. The zero-order chi connectivity index (χ0) is 21.3. The smallest absolute Gasteiger partial charge is 0.262 e. The summed E-state index contributed by atoms with van der Waals surface area (Å²) in [6.07, 6.45) is 0.774. The summed E-state index contributed by atoms with van der Waals surface area (Å²) in [5, 5.41) is 12.9. The summed E-state index contributed by atoms with van der Waals surface area (Å²) >= 11 is 7.40. The van der Waals surface area contributed by atoms with Gasteiger partial charge in [-0.3, -0.25) is 18.6 Å². The molecule has 0 aliphatic heterocycles. The number of aromatic nitrogens is 4. The van der Waals surface area contributed by atoms with Gasteiger partial charge in [0, 0.05) is 17.3 Å². The molecule has 1 amide bonds. The van der Waals surface area contributed by atoms with Crippen molar-refractivity contribution in [1.29, 1.82) is 0 Å². The molecule has 154 valence electrons. The van der Waals surface area contributed by atoms with Crippen LogP contribution in [0.3, 0.4) is 0 Å². The van der Waals surface area contributed by atoms with E-state index >= 15 is 0 Å². The minimum absolute atomic E-state index is 0.142. The van der Waals surface area contributed by atoms with Crippen molar-refractivity contribution in [2.75, 3.05) is 11.1 Å². The van der Waals surface area contributed by atoms with Crippen LogP contribution in [0, 0.1) is 6.92 Å². The largest absolute Gasteiger partial charge is 0.325 e. The van der Waals surface area contributed by atoms with Crippen molar-refractivity contribution in [2.24, 2.45) is 0 Å². The van der Waals surface area contributed by atoms with Crippen molar-refractivity contribution >= 4 is 51.6 Å². The van der Waals surface area contributed by atoms with Gasteiger partial charge in [0.2, 0.25) is 11.7 Å². The third-order valence-corrected chi connectivity index (χ3v) is 5.78. The molecule has 2 heterocycles. The number of rotatable bonds is 6. The highest BCUT2D eigenvalue weighted by Gasteiger charge is 2.17. The Bertz CT molecular complexity index is 1310. The predicted molar refractivity (Wildman–Crippen MR) is 121 cm³/mol. The molecule has 2 aromatic heterocycles. The molecular weight excluding hydrogens is 422 g/mol. The van der Waals surface area contributed by atoms with Crippen molar-refractivity contribution in [3.05, 3.63) is 63.4 Å². The van der Waals surface area contributed by atoms with Gasteiger partial charge in [-0.25, -0.2) is 0 Å². The quantitative estimate of drug-likeness (QED) is 0.454. The molecule has 2 aromatic carbocycles. The summed E-state index contributed by atoms with van der Waals surface area (Å²) < 4.78 is 3.41. The fraction of sp³-hybridized carbons (Fsp3) is 0.238. The number of thioether (sulfide) groups is 1. The van der Waals surface area contributed by atoms with E-state index in [1.807, 2.05) is 42.5 Å². The second-order valence-corrected chi connectivity index (χ2v) is 8.32. The molecule has 0 saturated carbocycles. The monoisotopic (exact) mass is 441 g/mol. The number of benzene rings is 2. The Labute approximate surface area is 182 Å². The molecule has 30 heavy (non-hydrogen) atoms. The van der Waals surface area contributed by atoms with Crippen molar-refractivity contribution in [3.8, 4) is 0 Å². The molecule has 0 bridgehead atoms. The summed E-state index contributed by atoms with van der Waals surface area (Å²) in [7, 11) is 0. The number of carbonyl (C=O) groups excluding carboxylic acids is 1. The second kappa shape index (κ2) is 8.49. The number of carbonyl (C=O) groups is 1. The van der Waals surface area contributed by atoms with Crippen LogP contribution in [0.5, 0.6) is 0 Å². The maximum atomic E-state index is 12.9. The first kappa shape index (κ1) is 20.4. The Morgan fingerprint density at radius 3 is 2.80 bits per heavy atom. The van der Waals surface area contributed by atoms with E-state index in [4.69, 9.17) is 11.6 Å². The highest BCUT2D eigenvalue weighted by molar-refractivity contribution is 7.99. The number of aryl methyl sites for hydroxylation is 2. The minimum atomic E-state index is -0.150. The van der Waals surface area contributed by atoms with Gasteiger partial charge in [-0.2, -0.15) is 0 Å². The molecule has 0 aliphatic carbocycles. The SMILES string of the molecule is CCCn1c(=O)c2cc(Cl)ccc2n2c(SCC(=O)Nc3cccc(C)c3)nnc12. The molecule has 9 heteroatoms. The third-order valence-electron chi connectivity index (χ3n) is 4.61. The molecule has 0 fully saturated rings. The van der Waals surface area contributed by atoms with E-state index in [1.54, 1.807) is 22.8 Å². The Morgan fingerprint density at radius 2 is 2.03 bits per heavy atom. The minimum Gasteiger partial charge on any atom is -0.325 e. The van der Waals surface area contributed by atoms with Gasteiger partial charge in [-0.1, -0.05) is 42.4 Å². The van der Waals surface area contributed by atoms with E-state index in [-0.39, 0.29) is 17.2 Å². The molecule has 0 spiro atoms. The van der Waals surface area contributed by atoms with Crippen LogP contribution in [0.25, 0.3) is 16.7 Å². The number of fused-ring (bicyclic) bond motifs is 3. The van der Waals surface area contributed by atoms with Crippen molar-refractivity contribution in [3.63, 3.8) is 0 Å². The molecule has 0 atom stereocenters. The van der Waals surface area contributed by atoms with Crippen LogP contribution in [0.15, 0.2) is 52.4 Å². The highest BCUT2D eigenvalue weighted by Crippen LogP contribution is 2.24. The van der Waals surface area contributed by atoms with Gasteiger partial charge in [0.1, 0.15) is 0 Å². The molecule has 4 aromatic rings.